The van der Waals surface area contributed by atoms with Gasteiger partial charge in [0.1, 0.15) is 0 Å². The first kappa shape index (κ1) is 13.0. The Bertz CT molecular complexity index is 644. The van der Waals surface area contributed by atoms with E-state index in [0.717, 1.165) is 6.08 Å². The molecule has 0 aliphatic carbocycles. The average Bonchev–Trinajstić information content (AvgIpc) is 2.95. The van der Waals surface area contributed by atoms with Crippen molar-refractivity contribution in [1.29, 1.82) is 0 Å². The molecule has 8 heteroatoms. The number of anilines is 1. The predicted octanol–water partition coefficient (Wildman–Crippen LogP) is 1.23. The highest BCUT2D eigenvalue weighted by molar-refractivity contribution is 7.16. The standard InChI is InChI=1S/C11H10N4O3S/c1-15-6-7(4-13-15)10(18)14-11-12-5-8(19-11)2-3-9(16)17/h2-6H,1H3,(H,16,17)(H,12,14,18). The van der Waals surface area contributed by atoms with Gasteiger partial charge in [0.15, 0.2) is 5.13 Å². The number of amides is 1. The molecule has 1 amide bonds. The number of rotatable bonds is 4. The SMILES string of the molecule is Cn1cc(C(=O)Nc2ncc(C=CC(=O)O)s2)cn1. The molecule has 0 atom stereocenters. The van der Waals surface area contributed by atoms with Gasteiger partial charge in [0, 0.05) is 30.4 Å². The Morgan fingerprint density at radius 3 is 2.89 bits per heavy atom. The van der Waals surface area contributed by atoms with Crippen molar-refractivity contribution in [2.75, 3.05) is 5.32 Å². The van der Waals surface area contributed by atoms with Crippen LogP contribution < -0.4 is 5.32 Å². The second-order valence-corrected chi connectivity index (χ2v) is 4.66. The van der Waals surface area contributed by atoms with E-state index in [1.54, 1.807) is 13.2 Å². The van der Waals surface area contributed by atoms with Crippen LogP contribution >= 0.6 is 11.3 Å². The number of hydrogen-bond donors (Lipinski definition) is 2. The number of carboxylic acid groups (broad SMARTS) is 1. The van der Waals surface area contributed by atoms with E-state index in [2.05, 4.69) is 15.4 Å². The molecule has 2 aromatic heterocycles. The Morgan fingerprint density at radius 2 is 2.26 bits per heavy atom. The Labute approximate surface area is 112 Å². The number of thiazole rings is 1. The van der Waals surface area contributed by atoms with Crippen LogP contribution in [0.15, 0.2) is 24.7 Å². The smallest absolute Gasteiger partial charge is 0.328 e. The molecule has 0 bridgehead atoms. The van der Waals surface area contributed by atoms with Crippen molar-refractivity contribution in [1.82, 2.24) is 14.8 Å². The molecule has 0 saturated carbocycles. The van der Waals surface area contributed by atoms with Gasteiger partial charge in [-0.15, -0.1) is 0 Å². The normalized spacial score (nSPS) is 10.8. The molecule has 0 aliphatic heterocycles. The van der Waals surface area contributed by atoms with Crippen LogP contribution in [0.1, 0.15) is 15.2 Å². The fourth-order valence-corrected chi connectivity index (χ4v) is 2.00. The molecule has 2 heterocycles. The minimum Gasteiger partial charge on any atom is -0.478 e. The second kappa shape index (κ2) is 5.44. The van der Waals surface area contributed by atoms with Gasteiger partial charge >= 0.3 is 5.97 Å². The molecule has 0 radical (unpaired) electrons. The first-order valence-electron chi connectivity index (χ1n) is 5.21. The van der Waals surface area contributed by atoms with E-state index >= 15 is 0 Å². The van der Waals surface area contributed by atoms with Gasteiger partial charge in [-0.1, -0.05) is 11.3 Å². The van der Waals surface area contributed by atoms with Gasteiger partial charge in [-0.2, -0.15) is 5.10 Å². The van der Waals surface area contributed by atoms with Gasteiger partial charge in [-0.05, 0) is 6.08 Å². The van der Waals surface area contributed by atoms with Gasteiger partial charge < -0.3 is 5.11 Å². The molecule has 98 valence electrons. The number of carboxylic acids is 1. The molecule has 19 heavy (non-hydrogen) atoms. The molecule has 0 spiro atoms. The third-order valence-electron chi connectivity index (χ3n) is 2.10. The van der Waals surface area contributed by atoms with E-state index in [0.29, 0.717) is 15.6 Å². The Hall–Kier alpha value is -2.48. The third-order valence-corrected chi connectivity index (χ3v) is 2.98. The summed E-state index contributed by atoms with van der Waals surface area (Å²) in [4.78, 5) is 26.8. The fraction of sp³-hybridized carbons (Fsp3) is 0.0909. The first-order chi connectivity index (χ1) is 9.04. The molecular formula is C11H10N4O3S. The monoisotopic (exact) mass is 278 g/mol. The number of aryl methyl sites for hydroxylation is 1. The van der Waals surface area contributed by atoms with Crippen molar-refractivity contribution >= 4 is 34.4 Å². The highest BCUT2D eigenvalue weighted by Gasteiger charge is 2.10. The predicted molar refractivity (Wildman–Crippen MR) is 69.9 cm³/mol. The van der Waals surface area contributed by atoms with Gasteiger partial charge in [-0.3, -0.25) is 14.8 Å². The van der Waals surface area contributed by atoms with Crippen molar-refractivity contribution in [2.24, 2.45) is 7.05 Å². The summed E-state index contributed by atoms with van der Waals surface area (Å²) in [5.74, 6) is -1.34. The number of hydrogen-bond acceptors (Lipinski definition) is 5. The Kier molecular flexibility index (Phi) is 3.71. The van der Waals surface area contributed by atoms with E-state index in [9.17, 15) is 9.59 Å². The highest BCUT2D eigenvalue weighted by Crippen LogP contribution is 2.19. The zero-order valence-corrected chi connectivity index (χ0v) is 10.7. The number of aliphatic carboxylic acids is 1. The van der Waals surface area contributed by atoms with Gasteiger partial charge in [0.2, 0.25) is 0 Å². The maximum Gasteiger partial charge on any atom is 0.328 e. The first-order valence-corrected chi connectivity index (χ1v) is 6.03. The lowest BCUT2D eigenvalue weighted by Gasteiger charge is -1.96. The molecule has 2 rings (SSSR count). The molecule has 0 saturated heterocycles. The maximum atomic E-state index is 11.8. The largest absolute Gasteiger partial charge is 0.478 e. The van der Waals surface area contributed by atoms with Gasteiger partial charge in [-0.25, -0.2) is 9.78 Å². The third kappa shape index (κ3) is 3.49. The molecule has 2 aromatic rings. The van der Waals surface area contributed by atoms with Crippen LogP contribution in [0.4, 0.5) is 5.13 Å². The lowest BCUT2D eigenvalue weighted by atomic mass is 10.3. The maximum absolute atomic E-state index is 11.8. The van der Waals surface area contributed by atoms with Crippen molar-refractivity contribution in [3.8, 4) is 0 Å². The van der Waals surface area contributed by atoms with E-state index in [-0.39, 0.29) is 5.91 Å². The molecule has 7 nitrogen and oxygen atoms in total. The van der Waals surface area contributed by atoms with E-state index in [1.807, 2.05) is 0 Å². The zero-order valence-electron chi connectivity index (χ0n) is 9.90. The van der Waals surface area contributed by atoms with Crippen LogP contribution in [0, 0.1) is 0 Å². The van der Waals surface area contributed by atoms with Crippen molar-refractivity contribution in [2.45, 2.75) is 0 Å². The van der Waals surface area contributed by atoms with Crippen LogP contribution in [0.5, 0.6) is 0 Å². The van der Waals surface area contributed by atoms with Gasteiger partial charge in [0.05, 0.1) is 11.8 Å². The molecule has 0 fully saturated rings. The van der Waals surface area contributed by atoms with Crippen LogP contribution in [-0.4, -0.2) is 31.7 Å². The van der Waals surface area contributed by atoms with Crippen LogP contribution in [0.3, 0.4) is 0 Å². The van der Waals surface area contributed by atoms with Crippen molar-refractivity contribution in [3.63, 3.8) is 0 Å². The summed E-state index contributed by atoms with van der Waals surface area (Å²) in [6.07, 6.45) is 6.96. The lowest BCUT2D eigenvalue weighted by molar-refractivity contribution is -0.131. The number of nitrogens with zero attached hydrogens (tertiary/aromatic N) is 3. The van der Waals surface area contributed by atoms with E-state index in [1.165, 1.54) is 34.5 Å². The molecule has 0 unspecified atom stereocenters. The molecule has 0 aliphatic rings. The minimum absolute atomic E-state index is 0.309. The minimum atomic E-state index is -1.03. The van der Waals surface area contributed by atoms with Gasteiger partial charge in [0.25, 0.3) is 5.91 Å². The summed E-state index contributed by atoms with van der Waals surface area (Å²) >= 11 is 1.18. The summed E-state index contributed by atoms with van der Waals surface area (Å²) < 4.78 is 1.53. The Balaban J connectivity index is 2.04. The summed E-state index contributed by atoms with van der Waals surface area (Å²) in [5, 5.41) is 15.4. The van der Waals surface area contributed by atoms with E-state index < -0.39 is 5.97 Å². The number of carbonyl (C=O) groups is 2. The van der Waals surface area contributed by atoms with Crippen LogP contribution in [-0.2, 0) is 11.8 Å². The summed E-state index contributed by atoms with van der Waals surface area (Å²) in [7, 11) is 1.72. The molecule has 2 N–H and O–H groups in total. The lowest BCUT2D eigenvalue weighted by Crippen LogP contribution is -2.10. The molecular weight excluding hydrogens is 268 g/mol. The topological polar surface area (TPSA) is 97.1 Å². The summed E-state index contributed by atoms with van der Waals surface area (Å²) in [6.45, 7) is 0. The number of carbonyl (C=O) groups excluding carboxylic acids is 1. The quantitative estimate of drug-likeness (QED) is 0.820. The van der Waals surface area contributed by atoms with Crippen molar-refractivity contribution < 1.29 is 14.7 Å². The van der Waals surface area contributed by atoms with Crippen molar-refractivity contribution in [3.05, 3.63) is 35.1 Å². The summed E-state index contributed by atoms with van der Waals surface area (Å²) in [6, 6.07) is 0. The molecule has 0 aromatic carbocycles. The van der Waals surface area contributed by atoms with Crippen LogP contribution in [0.25, 0.3) is 6.08 Å². The zero-order chi connectivity index (χ0) is 13.8. The Morgan fingerprint density at radius 1 is 1.47 bits per heavy atom. The van der Waals surface area contributed by atoms with E-state index in [4.69, 9.17) is 5.11 Å². The number of nitrogens with one attached hydrogen (secondary N) is 1. The fourth-order valence-electron chi connectivity index (χ4n) is 1.28. The second-order valence-electron chi connectivity index (χ2n) is 3.60. The number of aromatic nitrogens is 3. The average molecular weight is 278 g/mol. The summed E-state index contributed by atoms with van der Waals surface area (Å²) in [5.41, 5.74) is 0.431. The highest BCUT2D eigenvalue weighted by atomic mass is 32.1. The van der Waals surface area contributed by atoms with Crippen LogP contribution in [0.2, 0.25) is 0 Å².